The Kier molecular flexibility index (Phi) is 7.16. The molecule has 1 aromatic rings. The second-order valence-corrected chi connectivity index (χ2v) is 8.55. The van der Waals surface area contributed by atoms with Crippen molar-refractivity contribution >= 4 is 21.6 Å². The largest absolute Gasteiger partial charge is 0.325 e. The van der Waals surface area contributed by atoms with Crippen LogP contribution < -0.4 is 10.6 Å². The van der Waals surface area contributed by atoms with Gasteiger partial charge >= 0.3 is 0 Å². The van der Waals surface area contributed by atoms with Crippen LogP contribution in [0.3, 0.4) is 0 Å². The molecule has 1 heterocycles. The summed E-state index contributed by atoms with van der Waals surface area (Å²) in [6.45, 7) is 11.2. The van der Waals surface area contributed by atoms with Crippen LogP contribution in [-0.2, 0) is 14.8 Å². The highest BCUT2D eigenvalue weighted by Gasteiger charge is 2.24. The molecule has 1 aromatic carbocycles. The van der Waals surface area contributed by atoms with E-state index in [1.54, 1.807) is 25.1 Å². The molecule has 1 fully saturated rings. The van der Waals surface area contributed by atoms with E-state index in [2.05, 4.69) is 22.5 Å². The summed E-state index contributed by atoms with van der Waals surface area (Å²) < 4.78 is 27.0. The number of amides is 1. The molecule has 2 rings (SSSR count). The Labute approximate surface area is 156 Å². The van der Waals surface area contributed by atoms with Gasteiger partial charge in [-0.2, -0.15) is 4.31 Å². The summed E-state index contributed by atoms with van der Waals surface area (Å²) in [4.78, 5) is 14.7. The summed E-state index contributed by atoms with van der Waals surface area (Å²) in [6, 6.07) is 5.34. The van der Waals surface area contributed by atoms with Crippen LogP contribution in [0.25, 0.3) is 0 Å². The molecule has 0 bridgehead atoms. The molecular weight excluding hydrogens is 352 g/mol. The Hall–Kier alpha value is -1.48. The van der Waals surface area contributed by atoms with Crippen molar-refractivity contribution in [3.05, 3.63) is 23.8 Å². The second-order valence-electron chi connectivity index (χ2n) is 6.64. The molecule has 0 radical (unpaired) electrons. The van der Waals surface area contributed by atoms with Crippen molar-refractivity contribution in [2.75, 3.05) is 44.6 Å². The summed E-state index contributed by atoms with van der Waals surface area (Å²) in [6.07, 6.45) is 0. The molecule has 1 aliphatic heterocycles. The van der Waals surface area contributed by atoms with Crippen LogP contribution in [0, 0.1) is 6.92 Å². The maximum atomic E-state index is 12.8. The van der Waals surface area contributed by atoms with E-state index in [0.29, 0.717) is 36.9 Å². The third-order valence-electron chi connectivity index (χ3n) is 4.78. The normalized spacial score (nSPS) is 18.9. The number of benzene rings is 1. The van der Waals surface area contributed by atoms with Gasteiger partial charge < -0.3 is 10.6 Å². The number of sulfonamides is 1. The standard InChI is InChI=1S/C18H30N4O3S/c1-5-22(6-2)26(24,25)17-11-16(8-7-14(17)3)20-18(23)13-21-10-9-19-12-15(21)4/h7-8,11,15,19H,5-6,9-10,12-13H2,1-4H3,(H,20,23)/t15-/m0/s1. The molecule has 8 heteroatoms. The van der Waals surface area contributed by atoms with Gasteiger partial charge in [0.15, 0.2) is 0 Å². The minimum absolute atomic E-state index is 0.131. The van der Waals surface area contributed by atoms with E-state index in [1.807, 2.05) is 13.8 Å². The van der Waals surface area contributed by atoms with Crippen molar-refractivity contribution in [2.45, 2.75) is 38.6 Å². The highest BCUT2D eigenvalue weighted by molar-refractivity contribution is 7.89. The Morgan fingerprint density at radius 2 is 2.04 bits per heavy atom. The van der Waals surface area contributed by atoms with E-state index in [9.17, 15) is 13.2 Å². The molecule has 1 atom stereocenters. The van der Waals surface area contributed by atoms with Crippen LogP contribution in [0.2, 0.25) is 0 Å². The Morgan fingerprint density at radius 1 is 1.35 bits per heavy atom. The molecular formula is C18H30N4O3S. The van der Waals surface area contributed by atoms with Gasteiger partial charge in [0.2, 0.25) is 15.9 Å². The average molecular weight is 383 g/mol. The van der Waals surface area contributed by atoms with E-state index in [-0.39, 0.29) is 10.8 Å². The number of aryl methyl sites for hydroxylation is 1. The summed E-state index contributed by atoms with van der Waals surface area (Å²) in [5, 5.41) is 6.14. The maximum absolute atomic E-state index is 12.8. The van der Waals surface area contributed by atoms with Crippen molar-refractivity contribution in [1.82, 2.24) is 14.5 Å². The third-order valence-corrected chi connectivity index (χ3v) is 6.97. The Morgan fingerprint density at radius 3 is 2.65 bits per heavy atom. The maximum Gasteiger partial charge on any atom is 0.243 e. The first-order valence-corrected chi connectivity index (χ1v) is 10.6. The number of rotatable bonds is 7. The number of nitrogens with one attached hydrogen (secondary N) is 2. The lowest BCUT2D eigenvalue weighted by Gasteiger charge is -2.33. The van der Waals surface area contributed by atoms with E-state index in [1.165, 1.54) is 4.31 Å². The predicted octanol–water partition coefficient (Wildman–Crippen LogP) is 1.26. The fraction of sp³-hybridized carbons (Fsp3) is 0.611. The molecule has 0 spiro atoms. The lowest BCUT2D eigenvalue weighted by atomic mass is 10.2. The molecule has 26 heavy (non-hydrogen) atoms. The molecule has 146 valence electrons. The number of carbonyl (C=O) groups is 1. The molecule has 1 aliphatic rings. The summed E-state index contributed by atoms with van der Waals surface area (Å²) in [5.74, 6) is -0.131. The van der Waals surface area contributed by atoms with E-state index in [0.717, 1.165) is 19.6 Å². The first kappa shape index (κ1) is 20.8. The molecule has 7 nitrogen and oxygen atoms in total. The number of anilines is 1. The van der Waals surface area contributed by atoms with Gasteiger partial charge in [-0.05, 0) is 31.5 Å². The van der Waals surface area contributed by atoms with Gasteiger partial charge in [-0.3, -0.25) is 9.69 Å². The average Bonchev–Trinajstić information content (AvgIpc) is 2.59. The van der Waals surface area contributed by atoms with Gasteiger partial charge in [0.05, 0.1) is 11.4 Å². The van der Waals surface area contributed by atoms with Gasteiger partial charge in [-0.15, -0.1) is 0 Å². The smallest absolute Gasteiger partial charge is 0.243 e. The van der Waals surface area contributed by atoms with Crippen LogP contribution in [0.4, 0.5) is 5.69 Å². The molecule has 2 N–H and O–H groups in total. The number of hydrogen-bond donors (Lipinski definition) is 2. The fourth-order valence-corrected chi connectivity index (χ4v) is 4.87. The highest BCUT2D eigenvalue weighted by Crippen LogP contribution is 2.23. The van der Waals surface area contributed by atoms with Gasteiger partial charge in [-0.1, -0.05) is 19.9 Å². The molecule has 0 aliphatic carbocycles. The fourth-order valence-electron chi connectivity index (χ4n) is 3.16. The van der Waals surface area contributed by atoms with Gasteiger partial charge in [0.1, 0.15) is 0 Å². The number of hydrogen-bond acceptors (Lipinski definition) is 5. The SMILES string of the molecule is CCN(CC)S(=O)(=O)c1cc(NC(=O)CN2CCNC[C@@H]2C)ccc1C. The van der Waals surface area contributed by atoms with Crippen molar-refractivity contribution in [3.8, 4) is 0 Å². The number of carbonyl (C=O) groups excluding carboxylic acids is 1. The van der Waals surface area contributed by atoms with Crippen molar-refractivity contribution in [2.24, 2.45) is 0 Å². The van der Waals surface area contributed by atoms with Gasteiger partial charge in [-0.25, -0.2) is 8.42 Å². The third kappa shape index (κ3) is 4.82. The Balaban J connectivity index is 2.15. The zero-order valence-electron chi connectivity index (χ0n) is 16.1. The van der Waals surface area contributed by atoms with Crippen LogP contribution in [-0.4, -0.2) is 68.8 Å². The topological polar surface area (TPSA) is 81.8 Å². The van der Waals surface area contributed by atoms with Gasteiger partial charge in [0.25, 0.3) is 0 Å². The zero-order valence-corrected chi connectivity index (χ0v) is 16.9. The van der Waals surface area contributed by atoms with Crippen LogP contribution in [0.15, 0.2) is 23.1 Å². The van der Waals surface area contributed by atoms with Crippen molar-refractivity contribution in [3.63, 3.8) is 0 Å². The first-order chi connectivity index (χ1) is 12.3. The first-order valence-electron chi connectivity index (χ1n) is 9.15. The van der Waals surface area contributed by atoms with E-state index < -0.39 is 10.0 Å². The lowest BCUT2D eigenvalue weighted by Crippen LogP contribution is -2.51. The minimum atomic E-state index is -3.56. The van der Waals surface area contributed by atoms with Crippen LogP contribution >= 0.6 is 0 Å². The predicted molar refractivity (Wildman–Crippen MR) is 104 cm³/mol. The summed E-state index contributed by atoms with van der Waals surface area (Å²) >= 11 is 0. The van der Waals surface area contributed by atoms with Crippen LogP contribution in [0.5, 0.6) is 0 Å². The Bertz CT molecular complexity index is 732. The molecule has 1 saturated heterocycles. The summed E-state index contributed by atoms with van der Waals surface area (Å²) in [5.41, 5.74) is 1.18. The number of nitrogens with zero attached hydrogens (tertiary/aromatic N) is 2. The van der Waals surface area contributed by atoms with Crippen molar-refractivity contribution < 1.29 is 13.2 Å². The molecule has 1 amide bonds. The summed E-state index contributed by atoms with van der Waals surface area (Å²) in [7, 11) is -3.56. The quantitative estimate of drug-likeness (QED) is 0.742. The van der Waals surface area contributed by atoms with Crippen molar-refractivity contribution in [1.29, 1.82) is 0 Å². The lowest BCUT2D eigenvalue weighted by molar-refractivity contribution is -0.118. The molecule has 0 aromatic heterocycles. The minimum Gasteiger partial charge on any atom is -0.325 e. The molecule has 0 unspecified atom stereocenters. The highest BCUT2D eigenvalue weighted by atomic mass is 32.2. The van der Waals surface area contributed by atoms with Gasteiger partial charge in [0, 0.05) is 44.5 Å². The monoisotopic (exact) mass is 382 g/mol. The zero-order chi connectivity index (χ0) is 19.3. The number of piperazine rings is 1. The molecule has 0 saturated carbocycles. The van der Waals surface area contributed by atoms with Crippen LogP contribution in [0.1, 0.15) is 26.3 Å². The van der Waals surface area contributed by atoms with E-state index in [4.69, 9.17) is 0 Å². The second kappa shape index (κ2) is 8.94. The van der Waals surface area contributed by atoms with E-state index >= 15 is 0 Å².